The number of aromatic nitrogens is 2. The second-order valence-corrected chi connectivity index (χ2v) is 5.87. The topological polar surface area (TPSA) is 63.3 Å². The highest BCUT2D eigenvalue weighted by atomic mass is 16.5. The minimum Gasteiger partial charge on any atom is -0.351 e. The Kier molecular flexibility index (Phi) is 4.16. The van der Waals surface area contributed by atoms with Gasteiger partial charge in [-0.05, 0) is 44.6 Å². The zero-order valence-electron chi connectivity index (χ0n) is 13.5. The Labute approximate surface area is 134 Å². The van der Waals surface area contributed by atoms with Gasteiger partial charge >= 0.3 is 0 Å². The first-order valence-electron chi connectivity index (χ1n) is 7.51. The van der Waals surface area contributed by atoms with Gasteiger partial charge in [0.25, 0.3) is 5.91 Å². The molecule has 0 aliphatic carbocycles. The SMILES string of the molecule is Cc1cc(C(=O)Nc2ccc3ccn(CCN(C)C)c3c2)on1. The smallest absolute Gasteiger partial charge is 0.294 e. The summed E-state index contributed by atoms with van der Waals surface area (Å²) < 4.78 is 7.17. The number of carbonyl (C=O) groups is 1. The Morgan fingerprint density at radius 2 is 2.13 bits per heavy atom. The number of hydrogen-bond acceptors (Lipinski definition) is 4. The van der Waals surface area contributed by atoms with Gasteiger partial charge in [0.05, 0.1) is 11.2 Å². The van der Waals surface area contributed by atoms with E-state index in [-0.39, 0.29) is 11.7 Å². The number of anilines is 1. The maximum absolute atomic E-state index is 12.1. The number of carbonyl (C=O) groups excluding carboxylic acids is 1. The summed E-state index contributed by atoms with van der Waals surface area (Å²) in [4.78, 5) is 14.3. The zero-order valence-corrected chi connectivity index (χ0v) is 13.5. The van der Waals surface area contributed by atoms with E-state index in [1.165, 1.54) is 0 Å². The minimum absolute atomic E-state index is 0.214. The number of fused-ring (bicyclic) bond motifs is 1. The van der Waals surface area contributed by atoms with E-state index >= 15 is 0 Å². The second-order valence-electron chi connectivity index (χ2n) is 5.87. The molecule has 0 fully saturated rings. The molecule has 0 unspecified atom stereocenters. The average molecular weight is 312 g/mol. The van der Waals surface area contributed by atoms with Gasteiger partial charge in [-0.1, -0.05) is 11.2 Å². The minimum atomic E-state index is -0.295. The molecule has 0 radical (unpaired) electrons. The molecule has 3 aromatic rings. The molecule has 0 aliphatic rings. The predicted octanol–water partition coefficient (Wildman–Crippen LogP) is 2.75. The van der Waals surface area contributed by atoms with Crippen molar-refractivity contribution in [1.82, 2.24) is 14.6 Å². The van der Waals surface area contributed by atoms with Gasteiger partial charge in [-0.2, -0.15) is 0 Å². The number of hydrogen-bond donors (Lipinski definition) is 1. The fourth-order valence-corrected chi connectivity index (χ4v) is 2.43. The maximum Gasteiger partial charge on any atom is 0.294 e. The molecule has 0 aliphatic heterocycles. The first kappa shape index (κ1) is 15.3. The maximum atomic E-state index is 12.1. The summed E-state index contributed by atoms with van der Waals surface area (Å²) in [7, 11) is 4.10. The van der Waals surface area contributed by atoms with Crippen LogP contribution in [0, 0.1) is 6.92 Å². The van der Waals surface area contributed by atoms with Crippen LogP contribution in [0.2, 0.25) is 0 Å². The van der Waals surface area contributed by atoms with Crippen molar-refractivity contribution in [2.24, 2.45) is 0 Å². The number of amides is 1. The normalized spacial score (nSPS) is 11.3. The van der Waals surface area contributed by atoms with Crippen molar-refractivity contribution >= 4 is 22.5 Å². The Morgan fingerprint density at radius 1 is 1.30 bits per heavy atom. The van der Waals surface area contributed by atoms with Crippen LogP contribution in [0.4, 0.5) is 5.69 Å². The number of rotatable bonds is 5. The summed E-state index contributed by atoms with van der Waals surface area (Å²) in [6, 6.07) is 9.57. The van der Waals surface area contributed by atoms with Crippen molar-refractivity contribution in [3.05, 3.63) is 48.0 Å². The van der Waals surface area contributed by atoms with Crippen LogP contribution in [0.25, 0.3) is 10.9 Å². The lowest BCUT2D eigenvalue weighted by Gasteiger charge is -2.11. The van der Waals surface area contributed by atoms with Crippen LogP contribution in [0.3, 0.4) is 0 Å². The van der Waals surface area contributed by atoms with Gasteiger partial charge in [0, 0.05) is 31.0 Å². The monoisotopic (exact) mass is 312 g/mol. The van der Waals surface area contributed by atoms with Crippen molar-refractivity contribution in [2.75, 3.05) is 26.0 Å². The molecule has 2 aromatic heterocycles. The molecule has 120 valence electrons. The van der Waals surface area contributed by atoms with Crippen LogP contribution in [0.1, 0.15) is 16.2 Å². The average Bonchev–Trinajstić information content (AvgIpc) is 3.11. The summed E-state index contributed by atoms with van der Waals surface area (Å²) in [5, 5.41) is 7.73. The third-order valence-electron chi connectivity index (χ3n) is 3.67. The van der Waals surface area contributed by atoms with E-state index in [1.54, 1.807) is 13.0 Å². The Morgan fingerprint density at radius 3 is 2.83 bits per heavy atom. The van der Waals surface area contributed by atoms with Crippen LogP contribution in [-0.2, 0) is 6.54 Å². The zero-order chi connectivity index (χ0) is 16.4. The van der Waals surface area contributed by atoms with E-state index in [2.05, 4.69) is 46.3 Å². The van der Waals surface area contributed by atoms with Crippen molar-refractivity contribution in [3.8, 4) is 0 Å². The van der Waals surface area contributed by atoms with Crippen LogP contribution in [-0.4, -0.2) is 41.2 Å². The Bertz CT molecular complexity index is 832. The quantitative estimate of drug-likeness (QED) is 0.787. The summed E-state index contributed by atoms with van der Waals surface area (Å²) >= 11 is 0. The third kappa shape index (κ3) is 3.43. The fourth-order valence-electron chi connectivity index (χ4n) is 2.43. The van der Waals surface area contributed by atoms with Crippen molar-refractivity contribution < 1.29 is 9.32 Å². The van der Waals surface area contributed by atoms with Gasteiger partial charge in [-0.15, -0.1) is 0 Å². The summed E-state index contributed by atoms with van der Waals surface area (Å²) in [5.74, 6) is -0.0815. The Hall–Kier alpha value is -2.60. The number of aryl methyl sites for hydroxylation is 1. The van der Waals surface area contributed by atoms with E-state index in [1.807, 2.05) is 18.2 Å². The number of benzene rings is 1. The fraction of sp³-hybridized carbons (Fsp3) is 0.294. The van der Waals surface area contributed by atoms with E-state index < -0.39 is 0 Å². The molecule has 0 spiro atoms. The third-order valence-corrected chi connectivity index (χ3v) is 3.67. The molecule has 0 atom stereocenters. The summed E-state index contributed by atoms with van der Waals surface area (Å²) in [6.45, 7) is 3.64. The van der Waals surface area contributed by atoms with Crippen LogP contribution >= 0.6 is 0 Å². The number of likely N-dealkylation sites (N-methyl/N-ethyl adjacent to an activating group) is 1. The molecule has 3 rings (SSSR count). The lowest BCUT2D eigenvalue weighted by atomic mass is 10.2. The van der Waals surface area contributed by atoms with Gasteiger partial charge in [0.1, 0.15) is 0 Å². The number of nitrogens with zero attached hydrogens (tertiary/aromatic N) is 3. The molecule has 2 heterocycles. The van der Waals surface area contributed by atoms with Crippen molar-refractivity contribution in [2.45, 2.75) is 13.5 Å². The largest absolute Gasteiger partial charge is 0.351 e. The Balaban J connectivity index is 1.81. The van der Waals surface area contributed by atoms with E-state index in [4.69, 9.17) is 4.52 Å². The van der Waals surface area contributed by atoms with E-state index in [9.17, 15) is 4.79 Å². The number of nitrogens with one attached hydrogen (secondary N) is 1. The molecule has 1 amide bonds. The van der Waals surface area contributed by atoms with Crippen LogP contribution < -0.4 is 5.32 Å². The highest BCUT2D eigenvalue weighted by molar-refractivity contribution is 6.03. The lowest BCUT2D eigenvalue weighted by molar-refractivity contribution is 0.0988. The molecule has 0 saturated carbocycles. The molecular formula is C17H20N4O2. The highest BCUT2D eigenvalue weighted by Crippen LogP contribution is 2.21. The second kappa shape index (κ2) is 6.26. The van der Waals surface area contributed by atoms with Crippen molar-refractivity contribution in [3.63, 3.8) is 0 Å². The molecular weight excluding hydrogens is 292 g/mol. The molecule has 6 nitrogen and oxygen atoms in total. The van der Waals surface area contributed by atoms with Crippen LogP contribution in [0.5, 0.6) is 0 Å². The predicted molar refractivity (Wildman–Crippen MR) is 89.7 cm³/mol. The molecule has 23 heavy (non-hydrogen) atoms. The first-order chi connectivity index (χ1) is 11.0. The van der Waals surface area contributed by atoms with Gasteiger partial charge in [0.2, 0.25) is 5.76 Å². The summed E-state index contributed by atoms with van der Waals surface area (Å²) in [6.07, 6.45) is 2.07. The molecule has 0 saturated heterocycles. The van der Waals surface area contributed by atoms with Gasteiger partial charge in [-0.3, -0.25) is 4.79 Å². The van der Waals surface area contributed by atoms with E-state index in [0.717, 1.165) is 29.7 Å². The molecule has 0 bridgehead atoms. The van der Waals surface area contributed by atoms with Gasteiger partial charge in [0.15, 0.2) is 0 Å². The van der Waals surface area contributed by atoms with Crippen LogP contribution in [0.15, 0.2) is 41.1 Å². The lowest BCUT2D eigenvalue weighted by Crippen LogP contribution is -2.18. The standard InChI is InChI=1S/C17H20N4O2/c1-12-10-16(23-19-12)17(22)18-14-5-4-13-6-7-21(15(13)11-14)9-8-20(2)3/h4-7,10-11H,8-9H2,1-3H3,(H,18,22). The molecule has 6 heteroatoms. The van der Waals surface area contributed by atoms with Crippen molar-refractivity contribution in [1.29, 1.82) is 0 Å². The highest BCUT2D eigenvalue weighted by Gasteiger charge is 2.12. The van der Waals surface area contributed by atoms with Gasteiger partial charge < -0.3 is 19.3 Å². The summed E-state index contributed by atoms with van der Waals surface area (Å²) in [5.41, 5.74) is 2.52. The molecule has 1 N–H and O–H groups in total. The molecule has 1 aromatic carbocycles. The first-order valence-corrected chi connectivity index (χ1v) is 7.51. The van der Waals surface area contributed by atoms with Gasteiger partial charge in [-0.25, -0.2) is 0 Å². The van der Waals surface area contributed by atoms with E-state index in [0.29, 0.717) is 5.69 Å².